The van der Waals surface area contributed by atoms with Gasteiger partial charge in [-0.05, 0) is 30.0 Å². The maximum atomic E-state index is 13.1. The SMILES string of the molecule is O=C(NCCc1ccccc1)C(Cc1c[nH]c2ccccc12)N1CCS(=O)(=O)CC1. The van der Waals surface area contributed by atoms with Crippen molar-refractivity contribution in [1.29, 1.82) is 0 Å². The van der Waals surface area contributed by atoms with Crippen LogP contribution < -0.4 is 5.32 Å². The number of hydrogen-bond acceptors (Lipinski definition) is 4. The summed E-state index contributed by atoms with van der Waals surface area (Å²) in [5, 5.41) is 4.17. The standard InChI is InChI=1S/C23H27N3O3S/c27-23(24-11-10-18-6-2-1-3-7-18)22(26-12-14-30(28,29)15-13-26)16-19-17-25-21-9-5-4-8-20(19)21/h1-9,17,22,25H,10-16H2,(H,24,27). The molecule has 1 aliphatic heterocycles. The third kappa shape index (κ3) is 4.91. The highest BCUT2D eigenvalue weighted by atomic mass is 32.2. The molecule has 0 aliphatic carbocycles. The lowest BCUT2D eigenvalue weighted by Crippen LogP contribution is -2.53. The van der Waals surface area contributed by atoms with Crippen LogP contribution in [0.25, 0.3) is 10.9 Å². The number of aromatic nitrogens is 1. The summed E-state index contributed by atoms with van der Waals surface area (Å²) in [7, 11) is -3.00. The highest BCUT2D eigenvalue weighted by molar-refractivity contribution is 7.91. The first kappa shape index (κ1) is 20.6. The van der Waals surface area contributed by atoms with Crippen molar-refractivity contribution in [2.24, 2.45) is 0 Å². The van der Waals surface area contributed by atoms with E-state index in [1.807, 2.05) is 65.7 Å². The molecular formula is C23H27N3O3S. The summed E-state index contributed by atoms with van der Waals surface area (Å²) < 4.78 is 23.8. The Balaban J connectivity index is 1.48. The molecule has 0 radical (unpaired) electrons. The van der Waals surface area contributed by atoms with Gasteiger partial charge in [-0.15, -0.1) is 0 Å². The maximum absolute atomic E-state index is 13.1. The molecule has 30 heavy (non-hydrogen) atoms. The zero-order valence-corrected chi connectivity index (χ0v) is 17.7. The molecule has 2 N–H and O–H groups in total. The van der Waals surface area contributed by atoms with Gasteiger partial charge in [-0.1, -0.05) is 48.5 Å². The molecule has 7 heteroatoms. The van der Waals surface area contributed by atoms with Gasteiger partial charge < -0.3 is 10.3 Å². The number of amides is 1. The van der Waals surface area contributed by atoms with Gasteiger partial charge in [0.1, 0.15) is 0 Å². The van der Waals surface area contributed by atoms with Gasteiger partial charge in [-0.3, -0.25) is 9.69 Å². The van der Waals surface area contributed by atoms with Crippen LogP contribution in [-0.2, 0) is 27.5 Å². The van der Waals surface area contributed by atoms with Crippen molar-refractivity contribution >= 4 is 26.6 Å². The molecular weight excluding hydrogens is 398 g/mol. The Morgan fingerprint density at radius 1 is 1.03 bits per heavy atom. The fraction of sp³-hybridized carbons (Fsp3) is 0.348. The van der Waals surface area contributed by atoms with Crippen molar-refractivity contribution in [3.05, 3.63) is 71.9 Å². The maximum Gasteiger partial charge on any atom is 0.237 e. The number of hydrogen-bond donors (Lipinski definition) is 2. The van der Waals surface area contributed by atoms with E-state index in [1.165, 1.54) is 5.56 Å². The first-order chi connectivity index (χ1) is 14.5. The average molecular weight is 426 g/mol. The third-order valence-electron chi connectivity index (χ3n) is 5.77. The van der Waals surface area contributed by atoms with Crippen molar-refractivity contribution < 1.29 is 13.2 Å². The van der Waals surface area contributed by atoms with Crippen LogP contribution in [0.3, 0.4) is 0 Å². The smallest absolute Gasteiger partial charge is 0.237 e. The summed E-state index contributed by atoms with van der Waals surface area (Å²) in [6, 6.07) is 17.7. The Bertz CT molecular complexity index is 1090. The van der Waals surface area contributed by atoms with Gasteiger partial charge in [0.2, 0.25) is 5.91 Å². The zero-order valence-electron chi connectivity index (χ0n) is 16.9. The number of H-pyrrole nitrogens is 1. The van der Waals surface area contributed by atoms with Crippen LogP contribution >= 0.6 is 0 Å². The molecule has 2 aromatic carbocycles. The van der Waals surface area contributed by atoms with Crippen molar-refractivity contribution in [2.45, 2.75) is 18.9 Å². The number of nitrogens with one attached hydrogen (secondary N) is 2. The molecule has 1 saturated heterocycles. The largest absolute Gasteiger partial charge is 0.361 e. The van der Waals surface area contributed by atoms with Gasteiger partial charge >= 0.3 is 0 Å². The third-order valence-corrected chi connectivity index (χ3v) is 7.38. The highest BCUT2D eigenvalue weighted by Gasteiger charge is 2.31. The molecule has 2 heterocycles. The summed E-state index contributed by atoms with van der Waals surface area (Å²) in [5.74, 6) is 0.166. The number of carbonyl (C=O) groups is 1. The summed E-state index contributed by atoms with van der Waals surface area (Å²) in [4.78, 5) is 18.4. The van der Waals surface area contributed by atoms with Gasteiger partial charge in [0, 0.05) is 36.7 Å². The molecule has 1 amide bonds. The number of fused-ring (bicyclic) bond motifs is 1. The van der Waals surface area contributed by atoms with E-state index >= 15 is 0 Å². The van der Waals surface area contributed by atoms with Gasteiger partial charge in [0.25, 0.3) is 0 Å². The second-order valence-electron chi connectivity index (χ2n) is 7.79. The molecule has 6 nitrogen and oxygen atoms in total. The Kier molecular flexibility index (Phi) is 6.20. The molecule has 1 unspecified atom stereocenters. The fourth-order valence-electron chi connectivity index (χ4n) is 4.03. The van der Waals surface area contributed by atoms with E-state index in [-0.39, 0.29) is 17.4 Å². The topological polar surface area (TPSA) is 82.3 Å². The average Bonchev–Trinajstić information content (AvgIpc) is 3.16. The number of carbonyl (C=O) groups excluding carboxylic acids is 1. The monoisotopic (exact) mass is 425 g/mol. The van der Waals surface area contributed by atoms with E-state index in [2.05, 4.69) is 10.3 Å². The van der Waals surface area contributed by atoms with Crippen molar-refractivity contribution in [3.63, 3.8) is 0 Å². The van der Waals surface area contributed by atoms with Crippen molar-refractivity contribution in [2.75, 3.05) is 31.1 Å². The lowest BCUT2D eigenvalue weighted by atomic mass is 10.0. The molecule has 158 valence electrons. The Hall–Kier alpha value is -2.64. The van der Waals surface area contributed by atoms with Crippen LogP contribution in [0.2, 0.25) is 0 Å². The predicted molar refractivity (Wildman–Crippen MR) is 119 cm³/mol. The Morgan fingerprint density at radius 3 is 2.50 bits per heavy atom. The quantitative estimate of drug-likeness (QED) is 0.608. The van der Waals surface area contributed by atoms with E-state index in [0.717, 1.165) is 22.9 Å². The van der Waals surface area contributed by atoms with Gasteiger partial charge in [-0.25, -0.2) is 8.42 Å². The second-order valence-corrected chi connectivity index (χ2v) is 10.1. The van der Waals surface area contributed by atoms with Crippen molar-refractivity contribution in [1.82, 2.24) is 15.2 Å². The summed E-state index contributed by atoms with van der Waals surface area (Å²) in [6.07, 6.45) is 3.26. The van der Waals surface area contributed by atoms with E-state index in [4.69, 9.17) is 0 Å². The Morgan fingerprint density at radius 2 is 1.73 bits per heavy atom. The van der Waals surface area contributed by atoms with Crippen LogP contribution in [-0.4, -0.2) is 61.4 Å². The predicted octanol–water partition coefficient (Wildman–Crippen LogP) is 2.17. The first-order valence-corrected chi connectivity index (χ1v) is 12.1. The molecule has 0 spiro atoms. The Labute approximate surface area is 177 Å². The molecule has 0 saturated carbocycles. The number of aromatic amines is 1. The van der Waals surface area contributed by atoms with E-state index in [1.54, 1.807) is 0 Å². The van der Waals surface area contributed by atoms with E-state index < -0.39 is 15.9 Å². The van der Waals surface area contributed by atoms with Crippen LogP contribution in [0.4, 0.5) is 0 Å². The van der Waals surface area contributed by atoms with Gasteiger partial charge in [-0.2, -0.15) is 0 Å². The number of sulfone groups is 1. The fourth-order valence-corrected chi connectivity index (χ4v) is 5.26. The van der Waals surface area contributed by atoms with Gasteiger partial charge in [0.05, 0.1) is 17.5 Å². The molecule has 1 aliphatic rings. The van der Waals surface area contributed by atoms with Crippen LogP contribution in [0, 0.1) is 0 Å². The minimum Gasteiger partial charge on any atom is -0.361 e. The lowest BCUT2D eigenvalue weighted by Gasteiger charge is -2.33. The van der Waals surface area contributed by atoms with Crippen LogP contribution in [0.1, 0.15) is 11.1 Å². The minimum absolute atomic E-state index is 0.0458. The number of rotatable bonds is 7. The van der Waals surface area contributed by atoms with Gasteiger partial charge in [0.15, 0.2) is 9.84 Å². The number of nitrogens with zero attached hydrogens (tertiary/aromatic N) is 1. The van der Waals surface area contributed by atoms with E-state index in [9.17, 15) is 13.2 Å². The van der Waals surface area contributed by atoms with Crippen molar-refractivity contribution in [3.8, 4) is 0 Å². The highest BCUT2D eigenvalue weighted by Crippen LogP contribution is 2.21. The zero-order chi connectivity index (χ0) is 21.0. The normalized spacial score (nSPS) is 17.6. The number of benzene rings is 2. The second kappa shape index (κ2) is 9.02. The lowest BCUT2D eigenvalue weighted by molar-refractivity contribution is -0.126. The molecule has 1 aromatic heterocycles. The molecule has 1 fully saturated rings. The first-order valence-electron chi connectivity index (χ1n) is 10.3. The summed E-state index contributed by atoms with van der Waals surface area (Å²) in [6.45, 7) is 1.34. The molecule has 0 bridgehead atoms. The van der Waals surface area contributed by atoms with Crippen LogP contribution in [0.5, 0.6) is 0 Å². The van der Waals surface area contributed by atoms with Crippen LogP contribution in [0.15, 0.2) is 60.8 Å². The summed E-state index contributed by atoms with van der Waals surface area (Å²) >= 11 is 0. The molecule has 1 atom stereocenters. The van der Waals surface area contributed by atoms with E-state index in [0.29, 0.717) is 26.1 Å². The molecule has 4 rings (SSSR count). The summed E-state index contributed by atoms with van der Waals surface area (Å²) in [5.41, 5.74) is 3.29. The minimum atomic E-state index is -3.00. The number of para-hydroxylation sites is 1. The molecule has 3 aromatic rings.